The molecule has 4 nitrogen and oxygen atoms in total. The number of aliphatic hydroxyl groups is 1. The minimum Gasteiger partial charge on any atom is -0.746 e. The molecule has 0 aromatic heterocycles. The largest absolute Gasteiger partial charge is 1.00 e. The van der Waals surface area contributed by atoms with Crippen LogP contribution in [0.3, 0.4) is 0 Å². The number of hydrogen-bond donors (Lipinski definition) is 1. The molecule has 0 rings (SSSR count). The Morgan fingerprint density at radius 2 is 0.923 bits per heavy atom. The SMILES string of the molecule is CCCCCCCCCCCCC(O)(CCCCCCC)S(=O)(=O)[O-].[Na+]. The maximum absolute atomic E-state index is 11.5. The Labute approximate surface area is 185 Å². The molecular formula is C20H41NaO4S. The molecule has 0 fully saturated rings. The van der Waals surface area contributed by atoms with Crippen LogP contribution in [0.25, 0.3) is 0 Å². The van der Waals surface area contributed by atoms with Crippen molar-refractivity contribution in [2.24, 2.45) is 0 Å². The molecule has 152 valence electrons. The molecule has 0 saturated heterocycles. The van der Waals surface area contributed by atoms with Crippen molar-refractivity contribution in [3.05, 3.63) is 0 Å². The summed E-state index contributed by atoms with van der Waals surface area (Å²) in [6, 6.07) is 0. The Bertz CT molecular complexity index is 401. The van der Waals surface area contributed by atoms with Gasteiger partial charge in [0.1, 0.15) is 10.1 Å². The Morgan fingerprint density at radius 1 is 0.654 bits per heavy atom. The third kappa shape index (κ3) is 14.9. The fourth-order valence-electron chi connectivity index (χ4n) is 3.27. The van der Waals surface area contributed by atoms with Gasteiger partial charge in [0.15, 0.2) is 4.93 Å². The summed E-state index contributed by atoms with van der Waals surface area (Å²) < 4.78 is 34.4. The van der Waals surface area contributed by atoms with Crippen LogP contribution in [-0.4, -0.2) is 23.0 Å². The van der Waals surface area contributed by atoms with E-state index in [9.17, 15) is 18.1 Å². The predicted octanol–water partition coefficient (Wildman–Crippen LogP) is 2.90. The standard InChI is InChI=1S/C20H42O4S.Na/c1-3-5-7-9-10-11-12-13-15-17-19-20(21,25(22,23)24)18-16-14-8-6-4-2;/h21H,3-19H2,1-2H3,(H,22,23,24);/q;+1/p-1. The van der Waals surface area contributed by atoms with Gasteiger partial charge in [0.2, 0.25) is 0 Å². The average Bonchev–Trinajstić information content (AvgIpc) is 2.55. The molecule has 6 heteroatoms. The van der Waals surface area contributed by atoms with Gasteiger partial charge in [-0.15, -0.1) is 0 Å². The first-order valence-electron chi connectivity index (χ1n) is 10.5. The van der Waals surface area contributed by atoms with E-state index in [1.165, 1.54) is 38.5 Å². The third-order valence-corrected chi connectivity index (χ3v) is 6.40. The Morgan fingerprint density at radius 3 is 1.19 bits per heavy atom. The van der Waals surface area contributed by atoms with Crippen molar-refractivity contribution in [3.8, 4) is 0 Å². The summed E-state index contributed by atoms with van der Waals surface area (Å²) in [4.78, 5) is -2.06. The van der Waals surface area contributed by atoms with Crippen LogP contribution < -0.4 is 29.6 Å². The van der Waals surface area contributed by atoms with Crippen LogP contribution >= 0.6 is 0 Å². The predicted molar refractivity (Wildman–Crippen MR) is 104 cm³/mol. The molecule has 0 aliphatic carbocycles. The molecule has 1 N–H and O–H groups in total. The fourth-order valence-corrected chi connectivity index (χ4v) is 4.06. The van der Waals surface area contributed by atoms with E-state index in [1.54, 1.807) is 0 Å². The zero-order chi connectivity index (χ0) is 19.0. The minimum absolute atomic E-state index is 0. The van der Waals surface area contributed by atoms with E-state index >= 15 is 0 Å². The summed E-state index contributed by atoms with van der Waals surface area (Å²) in [7, 11) is -4.66. The second-order valence-corrected chi connectivity index (χ2v) is 9.16. The Kier molecular flexibility index (Phi) is 20.1. The molecule has 0 bridgehead atoms. The van der Waals surface area contributed by atoms with Crippen molar-refractivity contribution in [2.75, 3.05) is 0 Å². The summed E-state index contributed by atoms with van der Waals surface area (Å²) in [5.74, 6) is 0. The summed E-state index contributed by atoms with van der Waals surface area (Å²) >= 11 is 0. The minimum atomic E-state index is -4.66. The van der Waals surface area contributed by atoms with E-state index in [1.807, 2.05) is 0 Å². The topological polar surface area (TPSA) is 77.4 Å². The average molecular weight is 401 g/mol. The van der Waals surface area contributed by atoms with E-state index in [0.29, 0.717) is 12.8 Å². The van der Waals surface area contributed by atoms with Crippen molar-refractivity contribution in [1.29, 1.82) is 0 Å². The van der Waals surface area contributed by atoms with Crippen molar-refractivity contribution in [1.82, 2.24) is 0 Å². The van der Waals surface area contributed by atoms with Crippen LogP contribution in [0.1, 0.15) is 123 Å². The van der Waals surface area contributed by atoms with Crippen LogP contribution in [0.5, 0.6) is 0 Å². The van der Waals surface area contributed by atoms with Gasteiger partial charge in [-0.05, 0) is 25.7 Å². The van der Waals surface area contributed by atoms with Crippen molar-refractivity contribution in [3.63, 3.8) is 0 Å². The Balaban J connectivity index is 0. The molecular weight excluding hydrogens is 359 g/mol. The summed E-state index contributed by atoms with van der Waals surface area (Å²) in [5.41, 5.74) is 0. The van der Waals surface area contributed by atoms with Gasteiger partial charge >= 0.3 is 29.6 Å². The van der Waals surface area contributed by atoms with E-state index in [2.05, 4.69) is 13.8 Å². The first kappa shape index (κ1) is 29.1. The zero-order valence-corrected chi connectivity index (χ0v) is 20.4. The zero-order valence-electron chi connectivity index (χ0n) is 17.6. The molecule has 0 aromatic rings. The first-order chi connectivity index (χ1) is 11.9. The van der Waals surface area contributed by atoms with Gasteiger partial charge in [0.25, 0.3) is 0 Å². The molecule has 0 aromatic carbocycles. The Hall–Kier alpha value is 0.870. The molecule has 0 heterocycles. The van der Waals surface area contributed by atoms with E-state index in [0.717, 1.165) is 44.9 Å². The van der Waals surface area contributed by atoms with Gasteiger partial charge < -0.3 is 9.66 Å². The molecule has 26 heavy (non-hydrogen) atoms. The van der Waals surface area contributed by atoms with Crippen LogP contribution in [0.2, 0.25) is 0 Å². The van der Waals surface area contributed by atoms with Crippen LogP contribution in [-0.2, 0) is 10.1 Å². The monoisotopic (exact) mass is 400 g/mol. The second-order valence-electron chi connectivity index (χ2n) is 7.50. The van der Waals surface area contributed by atoms with Crippen molar-refractivity contribution >= 4 is 10.1 Å². The second kappa shape index (κ2) is 17.9. The van der Waals surface area contributed by atoms with Gasteiger partial charge in [0, 0.05) is 0 Å². The van der Waals surface area contributed by atoms with Crippen LogP contribution in [0, 0.1) is 0 Å². The van der Waals surface area contributed by atoms with Gasteiger partial charge in [-0.3, -0.25) is 0 Å². The van der Waals surface area contributed by atoms with Gasteiger partial charge in [-0.25, -0.2) is 8.42 Å². The fraction of sp³-hybridized carbons (Fsp3) is 1.00. The van der Waals surface area contributed by atoms with Gasteiger partial charge in [-0.2, -0.15) is 0 Å². The van der Waals surface area contributed by atoms with E-state index in [-0.39, 0.29) is 42.4 Å². The smallest absolute Gasteiger partial charge is 0.746 e. The molecule has 1 unspecified atom stereocenters. The normalized spacial score (nSPS) is 14.0. The quantitative estimate of drug-likeness (QED) is 0.218. The maximum atomic E-state index is 11.5. The van der Waals surface area contributed by atoms with Crippen LogP contribution in [0.4, 0.5) is 0 Å². The molecule has 0 radical (unpaired) electrons. The van der Waals surface area contributed by atoms with E-state index in [4.69, 9.17) is 0 Å². The number of hydrogen-bond acceptors (Lipinski definition) is 4. The van der Waals surface area contributed by atoms with Gasteiger partial charge in [-0.1, -0.05) is 97.3 Å². The molecule has 0 aliphatic heterocycles. The summed E-state index contributed by atoms with van der Waals surface area (Å²) in [6.07, 6.45) is 16.3. The van der Waals surface area contributed by atoms with Crippen LogP contribution in [0.15, 0.2) is 0 Å². The number of unbranched alkanes of at least 4 members (excludes halogenated alkanes) is 13. The van der Waals surface area contributed by atoms with Gasteiger partial charge in [0.05, 0.1) is 0 Å². The molecule has 0 spiro atoms. The summed E-state index contributed by atoms with van der Waals surface area (Å²) in [6.45, 7) is 4.33. The molecule has 0 aliphatic rings. The van der Waals surface area contributed by atoms with Crippen molar-refractivity contribution in [2.45, 2.75) is 128 Å². The number of rotatable bonds is 18. The molecule has 0 amide bonds. The molecule has 0 saturated carbocycles. The van der Waals surface area contributed by atoms with Crippen molar-refractivity contribution < 1.29 is 47.6 Å². The maximum Gasteiger partial charge on any atom is 1.00 e. The first-order valence-corrected chi connectivity index (χ1v) is 12.0. The summed E-state index contributed by atoms with van der Waals surface area (Å²) in [5, 5.41) is 10.3. The third-order valence-electron chi connectivity index (χ3n) is 5.06. The molecule has 1 atom stereocenters. The van der Waals surface area contributed by atoms with E-state index < -0.39 is 15.1 Å².